The van der Waals surface area contributed by atoms with Crippen molar-refractivity contribution in [1.82, 2.24) is 10.1 Å². The highest BCUT2D eigenvalue weighted by molar-refractivity contribution is 7.22. The number of amides is 1. The van der Waals surface area contributed by atoms with Gasteiger partial charge in [-0.25, -0.2) is 4.98 Å². The summed E-state index contributed by atoms with van der Waals surface area (Å²) in [5, 5.41) is 7.10. The van der Waals surface area contributed by atoms with Gasteiger partial charge in [0, 0.05) is 6.07 Å². The number of para-hydroxylation sites is 1. The summed E-state index contributed by atoms with van der Waals surface area (Å²) in [6.07, 6.45) is 2.42. The van der Waals surface area contributed by atoms with Crippen molar-refractivity contribution in [3.8, 4) is 11.5 Å². The predicted octanol–water partition coefficient (Wildman–Crippen LogP) is 4.36. The van der Waals surface area contributed by atoms with Crippen LogP contribution in [0, 0.1) is 0 Å². The van der Waals surface area contributed by atoms with E-state index >= 15 is 0 Å². The molecule has 0 atom stereocenters. The molecule has 0 aliphatic rings. The van der Waals surface area contributed by atoms with Crippen LogP contribution in [0.3, 0.4) is 0 Å². The van der Waals surface area contributed by atoms with E-state index in [4.69, 9.17) is 8.94 Å². The highest BCUT2D eigenvalue weighted by Gasteiger charge is 2.17. The van der Waals surface area contributed by atoms with Crippen LogP contribution in [0.2, 0.25) is 0 Å². The van der Waals surface area contributed by atoms with Crippen LogP contribution in [0.25, 0.3) is 21.7 Å². The van der Waals surface area contributed by atoms with E-state index in [1.54, 1.807) is 18.2 Å². The van der Waals surface area contributed by atoms with Crippen molar-refractivity contribution in [2.45, 2.75) is 13.3 Å². The predicted molar refractivity (Wildman–Crippen MR) is 91.2 cm³/mol. The zero-order chi connectivity index (χ0) is 16.5. The summed E-state index contributed by atoms with van der Waals surface area (Å²) in [5.74, 6) is 0.561. The van der Waals surface area contributed by atoms with Crippen LogP contribution in [-0.4, -0.2) is 16.0 Å². The molecule has 0 aliphatic heterocycles. The number of furan rings is 1. The first-order chi connectivity index (χ1) is 11.7. The van der Waals surface area contributed by atoms with Gasteiger partial charge in [0.05, 0.1) is 16.5 Å². The smallest absolute Gasteiger partial charge is 0.279 e. The van der Waals surface area contributed by atoms with Gasteiger partial charge in [-0.1, -0.05) is 35.5 Å². The van der Waals surface area contributed by atoms with Crippen molar-refractivity contribution < 1.29 is 13.7 Å². The maximum absolute atomic E-state index is 12.3. The molecule has 7 heteroatoms. The number of benzene rings is 1. The Kier molecular flexibility index (Phi) is 3.62. The quantitative estimate of drug-likeness (QED) is 0.597. The second-order valence-electron chi connectivity index (χ2n) is 5.14. The first-order valence-corrected chi connectivity index (χ1v) is 8.26. The summed E-state index contributed by atoms with van der Waals surface area (Å²) >= 11 is 1.43. The fraction of sp³-hybridized carbons (Fsp3) is 0.118. The Balaban J connectivity index is 1.58. The number of thiazole rings is 1. The first kappa shape index (κ1) is 14.6. The second-order valence-corrected chi connectivity index (χ2v) is 6.17. The number of aryl methyl sites for hydroxylation is 1. The number of aromatic nitrogens is 2. The van der Waals surface area contributed by atoms with Crippen molar-refractivity contribution in [2.75, 3.05) is 5.32 Å². The Morgan fingerprint density at radius 2 is 2.17 bits per heavy atom. The van der Waals surface area contributed by atoms with Crippen LogP contribution >= 0.6 is 11.3 Å². The molecule has 0 unspecified atom stereocenters. The number of nitrogens with zero attached hydrogens (tertiary/aromatic N) is 2. The van der Waals surface area contributed by atoms with Gasteiger partial charge in [0.15, 0.2) is 16.6 Å². The second kappa shape index (κ2) is 5.93. The molecule has 4 aromatic rings. The SMILES string of the molecule is CCc1cccc2sc(NC(=O)c3cc(-c4ccco4)on3)nc12. The molecule has 0 fully saturated rings. The molecule has 1 amide bonds. The van der Waals surface area contributed by atoms with Crippen molar-refractivity contribution in [3.05, 3.63) is 53.9 Å². The van der Waals surface area contributed by atoms with E-state index in [9.17, 15) is 4.79 Å². The monoisotopic (exact) mass is 339 g/mol. The minimum absolute atomic E-state index is 0.177. The normalized spacial score (nSPS) is 11.0. The number of carbonyl (C=O) groups is 1. The zero-order valence-electron chi connectivity index (χ0n) is 12.8. The van der Waals surface area contributed by atoms with E-state index in [0.29, 0.717) is 16.7 Å². The molecule has 0 saturated carbocycles. The summed E-state index contributed by atoms with van der Waals surface area (Å²) in [6.45, 7) is 2.08. The summed E-state index contributed by atoms with van der Waals surface area (Å²) in [7, 11) is 0. The average Bonchev–Trinajstić information content (AvgIpc) is 3.32. The summed E-state index contributed by atoms with van der Waals surface area (Å²) < 4.78 is 11.4. The van der Waals surface area contributed by atoms with Crippen molar-refractivity contribution in [2.24, 2.45) is 0 Å². The van der Waals surface area contributed by atoms with E-state index in [-0.39, 0.29) is 11.6 Å². The van der Waals surface area contributed by atoms with E-state index in [1.165, 1.54) is 17.6 Å². The third-order valence-electron chi connectivity index (χ3n) is 3.61. The summed E-state index contributed by atoms with van der Waals surface area (Å²) in [6, 6.07) is 11.1. The molecule has 0 saturated heterocycles. The van der Waals surface area contributed by atoms with E-state index < -0.39 is 0 Å². The molecular formula is C17H13N3O3S. The van der Waals surface area contributed by atoms with Gasteiger partial charge in [-0.15, -0.1) is 0 Å². The molecule has 1 aromatic carbocycles. The van der Waals surface area contributed by atoms with Crippen LogP contribution in [0.5, 0.6) is 0 Å². The Morgan fingerprint density at radius 3 is 2.96 bits per heavy atom. The van der Waals surface area contributed by atoms with Crippen molar-refractivity contribution in [3.63, 3.8) is 0 Å². The maximum atomic E-state index is 12.3. The van der Waals surface area contributed by atoms with Crippen LogP contribution < -0.4 is 5.32 Å². The molecule has 3 heterocycles. The lowest BCUT2D eigenvalue weighted by molar-refractivity contribution is 0.101. The van der Waals surface area contributed by atoms with Gasteiger partial charge < -0.3 is 8.94 Å². The van der Waals surface area contributed by atoms with Crippen LogP contribution in [0.4, 0.5) is 5.13 Å². The Bertz CT molecular complexity index is 1000. The number of carbonyl (C=O) groups excluding carboxylic acids is 1. The molecule has 1 N–H and O–H groups in total. The number of anilines is 1. The number of fused-ring (bicyclic) bond motifs is 1. The average molecular weight is 339 g/mol. The highest BCUT2D eigenvalue weighted by atomic mass is 32.1. The minimum atomic E-state index is -0.367. The molecule has 0 radical (unpaired) electrons. The van der Waals surface area contributed by atoms with Gasteiger partial charge in [0.25, 0.3) is 5.91 Å². The highest BCUT2D eigenvalue weighted by Crippen LogP contribution is 2.29. The third kappa shape index (κ3) is 2.59. The van der Waals surface area contributed by atoms with Gasteiger partial charge in [0.2, 0.25) is 5.76 Å². The third-order valence-corrected chi connectivity index (χ3v) is 4.55. The largest absolute Gasteiger partial charge is 0.461 e. The topological polar surface area (TPSA) is 81.2 Å². The van der Waals surface area contributed by atoms with E-state index in [2.05, 4.69) is 22.4 Å². The van der Waals surface area contributed by atoms with Crippen LogP contribution in [0.1, 0.15) is 23.0 Å². The molecule has 0 aliphatic carbocycles. The number of hydrogen-bond donors (Lipinski definition) is 1. The van der Waals surface area contributed by atoms with Crippen molar-refractivity contribution >= 4 is 32.6 Å². The molecular weight excluding hydrogens is 326 g/mol. The van der Waals surface area contributed by atoms with Gasteiger partial charge >= 0.3 is 0 Å². The number of hydrogen-bond acceptors (Lipinski definition) is 6. The van der Waals surface area contributed by atoms with Gasteiger partial charge in [-0.05, 0) is 30.2 Å². The maximum Gasteiger partial charge on any atom is 0.279 e. The van der Waals surface area contributed by atoms with Gasteiger partial charge in [-0.2, -0.15) is 0 Å². The molecule has 4 rings (SSSR count). The first-order valence-electron chi connectivity index (χ1n) is 7.45. The lowest BCUT2D eigenvalue weighted by Gasteiger charge is -1.96. The fourth-order valence-corrected chi connectivity index (χ4v) is 3.33. The van der Waals surface area contributed by atoms with Crippen molar-refractivity contribution in [1.29, 1.82) is 0 Å². The van der Waals surface area contributed by atoms with Crippen LogP contribution in [-0.2, 0) is 6.42 Å². The molecule has 0 spiro atoms. The lowest BCUT2D eigenvalue weighted by Crippen LogP contribution is -2.11. The molecule has 0 bridgehead atoms. The van der Waals surface area contributed by atoms with E-state index in [1.807, 2.05) is 18.2 Å². The lowest BCUT2D eigenvalue weighted by atomic mass is 10.1. The fourth-order valence-electron chi connectivity index (χ4n) is 2.42. The standard InChI is InChI=1S/C17H13N3O3S/c1-2-10-5-3-7-14-15(10)18-17(24-14)19-16(21)11-9-13(23-20-11)12-6-4-8-22-12/h3-9H,2H2,1H3,(H,18,19,21). The molecule has 120 valence electrons. The number of nitrogens with one attached hydrogen (secondary N) is 1. The van der Waals surface area contributed by atoms with Gasteiger partial charge in [-0.3, -0.25) is 10.1 Å². The summed E-state index contributed by atoms with van der Waals surface area (Å²) in [5.41, 5.74) is 2.26. The van der Waals surface area contributed by atoms with E-state index in [0.717, 1.165) is 22.2 Å². The van der Waals surface area contributed by atoms with Gasteiger partial charge in [0.1, 0.15) is 0 Å². The molecule has 3 aromatic heterocycles. The zero-order valence-corrected chi connectivity index (χ0v) is 13.6. The Hall–Kier alpha value is -2.93. The number of rotatable bonds is 4. The Morgan fingerprint density at radius 1 is 1.25 bits per heavy atom. The minimum Gasteiger partial charge on any atom is -0.461 e. The Labute approximate surface area is 141 Å². The summed E-state index contributed by atoms with van der Waals surface area (Å²) in [4.78, 5) is 16.8. The molecule has 24 heavy (non-hydrogen) atoms. The molecule has 6 nitrogen and oxygen atoms in total. The van der Waals surface area contributed by atoms with Crippen LogP contribution in [0.15, 0.2) is 51.6 Å².